The Hall–Kier alpha value is -1.80. The molecule has 1 aliphatic heterocycles. The van der Waals surface area contributed by atoms with Crippen LogP contribution in [0, 0.1) is 0 Å². The fraction of sp³-hybridized carbons (Fsp3) is 0.133. The molecule has 1 heterocycles. The van der Waals surface area contributed by atoms with E-state index in [4.69, 9.17) is 16.4 Å². The highest BCUT2D eigenvalue weighted by molar-refractivity contribution is 6.31. The van der Waals surface area contributed by atoms with Crippen LogP contribution in [0.3, 0.4) is 0 Å². The van der Waals surface area contributed by atoms with Gasteiger partial charge < -0.3 is 4.84 Å². The van der Waals surface area contributed by atoms with Gasteiger partial charge in [-0.05, 0) is 11.6 Å². The van der Waals surface area contributed by atoms with Crippen molar-refractivity contribution in [2.75, 3.05) is 0 Å². The summed E-state index contributed by atoms with van der Waals surface area (Å²) >= 11 is 6.17. The van der Waals surface area contributed by atoms with Gasteiger partial charge in [0.2, 0.25) is 0 Å². The standard InChI is InChI=1S/C15H12ClNO/c16-13-9-5-4-8-12(13)15-10-14(17-18-15)11-6-2-1-3-7-11/h1-9,15H,10H2. The van der Waals surface area contributed by atoms with E-state index in [1.165, 1.54) is 0 Å². The minimum absolute atomic E-state index is 0.0751. The molecule has 0 aromatic heterocycles. The molecule has 1 aliphatic rings. The van der Waals surface area contributed by atoms with E-state index in [0.29, 0.717) is 0 Å². The SMILES string of the molecule is Clc1ccccc1C1CC(c2ccccc2)=NO1. The van der Waals surface area contributed by atoms with E-state index in [1.54, 1.807) is 0 Å². The van der Waals surface area contributed by atoms with Crippen LogP contribution in [0.4, 0.5) is 0 Å². The van der Waals surface area contributed by atoms with Crippen LogP contribution >= 0.6 is 11.6 Å². The predicted molar refractivity (Wildman–Crippen MR) is 72.9 cm³/mol. The van der Waals surface area contributed by atoms with Crippen molar-refractivity contribution in [3.8, 4) is 0 Å². The average Bonchev–Trinajstić information content (AvgIpc) is 2.90. The maximum Gasteiger partial charge on any atom is 0.159 e. The lowest BCUT2D eigenvalue weighted by atomic mass is 10.0. The minimum atomic E-state index is -0.0751. The van der Waals surface area contributed by atoms with Crippen LogP contribution in [0.25, 0.3) is 0 Å². The molecule has 0 aliphatic carbocycles. The number of halogens is 1. The number of hydrogen-bond acceptors (Lipinski definition) is 2. The summed E-state index contributed by atoms with van der Waals surface area (Å²) in [7, 11) is 0. The molecule has 0 saturated carbocycles. The van der Waals surface area contributed by atoms with Crippen LogP contribution in [0.5, 0.6) is 0 Å². The Morgan fingerprint density at radius 1 is 1.00 bits per heavy atom. The average molecular weight is 258 g/mol. The number of hydrogen-bond donors (Lipinski definition) is 0. The molecule has 2 aromatic carbocycles. The molecule has 0 amide bonds. The van der Waals surface area contributed by atoms with Crippen molar-refractivity contribution in [3.63, 3.8) is 0 Å². The highest BCUT2D eigenvalue weighted by Gasteiger charge is 2.25. The third kappa shape index (κ3) is 2.12. The molecule has 0 N–H and O–H groups in total. The first-order chi connectivity index (χ1) is 8.84. The second-order valence-corrected chi connectivity index (χ2v) is 4.63. The quantitative estimate of drug-likeness (QED) is 0.790. The molecule has 0 radical (unpaired) electrons. The van der Waals surface area contributed by atoms with Crippen molar-refractivity contribution in [3.05, 3.63) is 70.7 Å². The van der Waals surface area contributed by atoms with Crippen molar-refractivity contribution < 1.29 is 4.84 Å². The maximum absolute atomic E-state index is 6.17. The number of oxime groups is 1. The zero-order chi connectivity index (χ0) is 12.4. The molecule has 2 aromatic rings. The topological polar surface area (TPSA) is 21.6 Å². The van der Waals surface area contributed by atoms with E-state index in [-0.39, 0.29) is 6.10 Å². The molecule has 0 fully saturated rings. The van der Waals surface area contributed by atoms with E-state index < -0.39 is 0 Å². The first-order valence-corrected chi connectivity index (χ1v) is 6.25. The molecule has 1 unspecified atom stereocenters. The molecule has 90 valence electrons. The Morgan fingerprint density at radius 2 is 1.72 bits per heavy atom. The van der Waals surface area contributed by atoms with Gasteiger partial charge in [-0.1, -0.05) is 65.3 Å². The molecule has 2 nitrogen and oxygen atoms in total. The number of nitrogens with zero attached hydrogens (tertiary/aromatic N) is 1. The summed E-state index contributed by atoms with van der Waals surface area (Å²) in [6.45, 7) is 0. The van der Waals surface area contributed by atoms with Gasteiger partial charge in [-0.15, -0.1) is 0 Å². The lowest BCUT2D eigenvalue weighted by molar-refractivity contribution is 0.0858. The van der Waals surface area contributed by atoms with Gasteiger partial charge in [0, 0.05) is 17.0 Å². The molecule has 0 spiro atoms. The van der Waals surface area contributed by atoms with Crippen LogP contribution in [-0.4, -0.2) is 5.71 Å². The fourth-order valence-electron chi connectivity index (χ4n) is 2.08. The van der Waals surface area contributed by atoms with Crippen LogP contribution < -0.4 is 0 Å². The molecular weight excluding hydrogens is 246 g/mol. The predicted octanol–water partition coefficient (Wildman–Crippen LogP) is 4.21. The largest absolute Gasteiger partial charge is 0.387 e. The van der Waals surface area contributed by atoms with Crippen molar-refractivity contribution in [2.24, 2.45) is 5.16 Å². The van der Waals surface area contributed by atoms with E-state index in [9.17, 15) is 0 Å². The van der Waals surface area contributed by atoms with Crippen LogP contribution in [-0.2, 0) is 4.84 Å². The van der Waals surface area contributed by atoms with Gasteiger partial charge in [-0.3, -0.25) is 0 Å². The van der Waals surface area contributed by atoms with Crippen LogP contribution in [0.15, 0.2) is 59.8 Å². The number of rotatable bonds is 2. The zero-order valence-corrected chi connectivity index (χ0v) is 10.5. The first kappa shape index (κ1) is 11.3. The maximum atomic E-state index is 6.17. The monoisotopic (exact) mass is 257 g/mol. The Labute approximate surface area is 111 Å². The molecule has 3 heteroatoms. The normalized spacial score (nSPS) is 18.3. The van der Waals surface area contributed by atoms with Gasteiger partial charge in [-0.25, -0.2) is 0 Å². The minimum Gasteiger partial charge on any atom is -0.387 e. The summed E-state index contributed by atoms with van der Waals surface area (Å²) in [6, 6.07) is 17.8. The van der Waals surface area contributed by atoms with Gasteiger partial charge in [0.25, 0.3) is 0 Å². The molecular formula is C15H12ClNO. The first-order valence-electron chi connectivity index (χ1n) is 5.87. The van der Waals surface area contributed by atoms with Crippen molar-refractivity contribution in [2.45, 2.75) is 12.5 Å². The van der Waals surface area contributed by atoms with Gasteiger partial charge in [0.15, 0.2) is 6.10 Å². The Kier molecular flexibility index (Phi) is 3.03. The highest BCUT2D eigenvalue weighted by atomic mass is 35.5. The second kappa shape index (κ2) is 4.83. The Morgan fingerprint density at radius 3 is 2.50 bits per heavy atom. The Bertz CT molecular complexity index is 580. The van der Waals surface area contributed by atoms with Crippen LogP contribution in [0.1, 0.15) is 23.7 Å². The molecule has 3 rings (SSSR count). The van der Waals surface area contributed by atoms with E-state index in [1.807, 2.05) is 54.6 Å². The molecule has 1 atom stereocenters. The van der Waals surface area contributed by atoms with Crippen LogP contribution in [0.2, 0.25) is 5.02 Å². The lowest BCUT2D eigenvalue weighted by Gasteiger charge is -2.09. The van der Waals surface area contributed by atoms with Crippen molar-refractivity contribution in [1.82, 2.24) is 0 Å². The summed E-state index contributed by atoms with van der Waals surface area (Å²) in [5.41, 5.74) is 3.07. The van der Waals surface area contributed by atoms with E-state index in [0.717, 1.165) is 28.3 Å². The lowest BCUT2D eigenvalue weighted by Crippen LogP contribution is -2.01. The zero-order valence-electron chi connectivity index (χ0n) is 9.71. The third-order valence-corrected chi connectivity index (χ3v) is 3.37. The van der Waals surface area contributed by atoms with Gasteiger partial charge in [-0.2, -0.15) is 0 Å². The highest BCUT2D eigenvalue weighted by Crippen LogP contribution is 2.33. The smallest absolute Gasteiger partial charge is 0.159 e. The summed E-state index contributed by atoms with van der Waals surface area (Å²) < 4.78 is 0. The summed E-state index contributed by atoms with van der Waals surface area (Å²) in [4.78, 5) is 5.49. The summed E-state index contributed by atoms with van der Waals surface area (Å²) in [5.74, 6) is 0. The summed E-state index contributed by atoms with van der Waals surface area (Å²) in [6.07, 6.45) is 0.683. The van der Waals surface area contributed by atoms with Gasteiger partial charge in [0.05, 0.1) is 5.71 Å². The summed E-state index contributed by atoms with van der Waals surface area (Å²) in [5, 5.41) is 4.89. The van der Waals surface area contributed by atoms with Crippen molar-refractivity contribution >= 4 is 17.3 Å². The van der Waals surface area contributed by atoms with E-state index >= 15 is 0 Å². The van der Waals surface area contributed by atoms with Gasteiger partial charge in [0.1, 0.15) is 0 Å². The molecule has 0 saturated heterocycles. The second-order valence-electron chi connectivity index (χ2n) is 4.22. The third-order valence-electron chi connectivity index (χ3n) is 3.03. The number of benzene rings is 2. The fourth-order valence-corrected chi connectivity index (χ4v) is 2.34. The Balaban J connectivity index is 1.81. The van der Waals surface area contributed by atoms with E-state index in [2.05, 4.69) is 5.16 Å². The molecule has 18 heavy (non-hydrogen) atoms. The van der Waals surface area contributed by atoms with Gasteiger partial charge >= 0.3 is 0 Å². The molecule has 0 bridgehead atoms. The van der Waals surface area contributed by atoms with Crippen molar-refractivity contribution in [1.29, 1.82) is 0 Å².